The highest BCUT2D eigenvalue weighted by molar-refractivity contribution is 7.98. The smallest absolute Gasteiger partial charge is 0.306 e. The standard InChI is InChI=1S/C13H15N3O3S/c17-9-11-1-3-12(4-2-11)10-20-6-5-15-8-13(7-14-15)16(18)19/h1-4,7-8,17H,5-6,9-10H2. The highest BCUT2D eigenvalue weighted by Crippen LogP contribution is 2.14. The molecule has 0 aliphatic rings. The Hall–Kier alpha value is -1.86. The molecule has 6 nitrogen and oxygen atoms in total. The molecule has 0 aliphatic carbocycles. The summed E-state index contributed by atoms with van der Waals surface area (Å²) in [4.78, 5) is 10.1. The number of aromatic nitrogens is 2. The molecule has 106 valence electrons. The van der Waals surface area contributed by atoms with Gasteiger partial charge in [-0.1, -0.05) is 24.3 Å². The number of thioether (sulfide) groups is 1. The van der Waals surface area contributed by atoms with Gasteiger partial charge in [0.15, 0.2) is 0 Å². The van der Waals surface area contributed by atoms with Crippen LogP contribution >= 0.6 is 11.8 Å². The molecule has 0 fully saturated rings. The lowest BCUT2D eigenvalue weighted by molar-refractivity contribution is -0.385. The molecule has 1 N–H and O–H groups in total. The van der Waals surface area contributed by atoms with Crippen LogP contribution in [-0.2, 0) is 18.9 Å². The van der Waals surface area contributed by atoms with Crippen LogP contribution < -0.4 is 0 Å². The molecule has 1 heterocycles. The second kappa shape index (κ2) is 7.06. The average Bonchev–Trinajstić information content (AvgIpc) is 2.93. The first-order valence-corrected chi connectivity index (χ1v) is 7.28. The first-order chi connectivity index (χ1) is 9.69. The number of aryl methyl sites for hydroxylation is 1. The number of nitro groups is 1. The van der Waals surface area contributed by atoms with Gasteiger partial charge in [0.1, 0.15) is 12.4 Å². The highest BCUT2D eigenvalue weighted by atomic mass is 32.2. The summed E-state index contributed by atoms with van der Waals surface area (Å²) >= 11 is 1.74. The second-order valence-electron chi connectivity index (χ2n) is 4.25. The van der Waals surface area contributed by atoms with E-state index < -0.39 is 4.92 Å². The summed E-state index contributed by atoms with van der Waals surface area (Å²) in [5.74, 6) is 1.70. The van der Waals surface area contributed by atoms with Crippen molar-refractivity contribution in [2.24, 2.45) is 0 Å². The van der Waals surface area contributed by atoms with E-state index in [4.69, 9.17) is 5.11 Å². The van der Waals surface area contributed by atoms with Gasteiger partial charge in [-0.2, -0.15) is 16.9 Å². The number of benzene rings is 1. The van der Waals surface area contributed by atoms with Gasteiger partial charge in [0, 0.05) is 11.5 Å². The Morgan fingerprint density at radius 1 is 1.30 bits per heavy atom. The zero-order chi connectivity index (χ0) is 14.4. The molecule has 2 rings (SSSR count). The fourth-order valence-electron chi connectivity index (χ4n) is 1.66. The third-order valence-electron chi connectivity index (χ3n) is 2.77. The van der Waals surface area contributed by atoms with Gasteiger partial charge in [-0.15, -0.1) is 0 Å². The maximum atomic E-state index is 10.5. The molecular weight excluding hydrogens is 278 g/mol. The summed E-state index contributed by atoms with van der Waals surface area (Å²) in [6, 6.07) is 7.81. The molecule has 1 aromatic carbocycles. The van der Waals surface area contributed by atoms with Crippen molar-refractivity contribution in [1.82, 2.24) is 9.78 Å². The van der Waals surface area contributed by atoms with Crippen molar-refractivity contribution in [2.75, 3.05) is 5.75 Å². The summed E-state index contributed by atoms with van der Waals surface area (Å²) in [6.07, 6.45) is 2.70. The number of nitrogens with zero attached hydrogens (tertiary/aromatic N) is 3. The maximum absolute atomic E-state index is 10.5. The molecule has 0 bridgehead atoms. The minimum absolute atomic E-state index is 0.0228. The van der Waals surface area contributed by atoms with Gasteiger partial charge in [0.2, 0.25) is 0 Å². The highest BCUT2D eigenvalue weighted by Gasteiger charge is 2.08. The molecule has 0 spiro atoms. The molecular formula is C13H15N3O3S. The van der Waals surface area contributed by atoms with Gasteiger partial charge >= 0.3 is 5.69 Å². The Morgan fingerprint density at radius 3 is 2.60 bits per heavy atom. The van der Waals surface area contributed by atoms with E-state index >= 15 is 0 Å². The Balaban J connectivity index is 1.73. The number of rotatable bonds is 7. The van der Waals surface area contributed by atoms with Gasteiger partial charge in [-0.25, -0.2) is 0 Å². The summed E-state index contributed by atoms with van der Waals surface area (Å²) in [6.45, 7) is 0.707. The molecule has 7 heteroatoms. The third kappa shape index (κ3) is 4.07. The van der Waals surface area contributed by atoms with E-state index in [0.29, 0.717) is 6.54 Å². The Bertz CT molecular complexity index is 568. The summed E-state index contributed by atoms with van der Waals surface area (Å²) in [7, 11) is 0. The quantitative estimate of drug-likeness (QED) is 0.481. The van der Waals surface area contributed by atoms with E-state index in [9.17, 15) is 10.1 Å². The van der Waals surface area contributed by atoms with Crippen LogP contribution in [0.5, 0.6) is 0 Å². The normalized spacial score (nSPS) is 10.7. The molecule has 0 unspecified atom stereocenters. The van der Waals surface area contributed by atoms with E-state index in [1.54, 1.807) is 16.4 Å². The fraction of sp³-hybridized carbons (Fsp3) is 0.308. The molecule has 0 saturated heterocycles. The van der Waals surface area contributed by atoms with Crippen molar-refractivity contribution in [3.05, 3.63) is 57.9 Å². The monoisotopic (exact) mass is 293 g/mol. The Morgan fingerprint density at radius 2 is 2.00 bits per heavy atom. The molecule has 2 aromatic rings. The Labute approximate surface area is 120 Å². The zero-order valence-electron chi connectivity index (χ0n) is 10.8. The first-order valence-electron chi connectivity index (χ1n) is 6.12. The first kappa shape index (κ1) is 14.5. The summed E-state index contributed by atoms with van der Waals surface area (Å²) < 4.78 is 1.58. The van der Waals surface area contributed by atoms with Crippen molar-refractivity contribution in [3.63, 3.8) is 0 Å². The van der Waals surface area contributed by atoms with Crippen LogP contribution in [0.25, 0.3) is 0 Å². The second-order valence-corrected chi connectivity index (χ2v) is 5.35. The van der Waals surface area contributed by atoms with Gasteiger partial charge in [-0.05, 0) is 11.1 Å². The molecule has 0 atom stereocenters. The van der Waals surface area contributed by atoms with Crippen molar-refractivity contribution in [1.29, 1.82) is 0 Å². The molecule has 1 aromatic heterocycles. The van der Waals surface area contributed by atoms with Crippen molar-refractivity contribution >= 4 is 17.4 Å². The van der Waals surface area contributed by atoms with Gasteiger partial charge in [0.05, 0.1) is 18.1 Å². The van der Waals surface area contributed by atoms with Crippen LogP contribution in [0.4, 0.5) is 5.69 Å². The van der Waals surface area contributed by atoms with Crippen LogP contribution in [0.3, 0.4) is 0 Å². The SMILES string of the molecule is O=[N+]([O-])c1cnn(CCSCc2ccc(CO)cc2)c1. The van der Waals surface area contributed by atoms with Crippen LogP contribution in [0.1, 0.15) is 11.1 Å². The largest absolute Gasteiger partial charge is 0.392 e. The van der Waals surface area contributed by atoms with Crippen molar-refractivity contribution in [2.45, 2.75) is 18.9 Å². The van der Waals surface area contributed by atoms with Crippen LogP contribution in [0.15, 0.2) is 36.7 Å². The minimum Gasteiger partial charge on any atom is -0.392 e. The maximum Gasteiger partial charge on any atom is 0.306 e. The number of hydrogen-bond donors (Lipinski definition) is 1. The van der Waals surface area contributed by atoms with Crippen molar-refractivity contribution < 1.29 is 10.0 Å². The van der Waals surface area contributed by atoms with Crippen molar-refractivity contribution in [3.8, 4) is 0 Å². The number of hydrogen-bond acceptors (Lipinski definition) is 5. The topological polar surface area (TPSA) is 81.2 Å². The van der Waals surface area contributed by atoms with Crippen LogP contribution in [0.2, 0.25) is 0 Å². The average molecular weight is 293 g/mol. The summed E-state index contributed by atoms with van der Waals surface area (Å²) in [5, 5.41) is 23.4. The molecule has 0 saturated carbocycles. The number of aliphatic hydroxyl groups is 1. The molecule has 0 amide bonds. The van der Waals surface area contributed by atoms with E-state index in [1.165, 1.54) is 18.0 Å². The van der Waals surface area contributed by atoms with E-state index in [1.807, 2.05) is 24.3 Å². The molecule has 0 aliphatic heterocycles. The lowest BCUT2D eigenvalue weighted by Crippen LogP contribution is -2.00. The van der Waals surface area contributed by atoms with E-state index in [-0.39, 0.29) is 12.3 Å². The minimum atomic E-state index is -0.445. The third-order valence-corrected chi connectivity index (χ3v) is 3.78. The zero-order valence-corrected chi connectivity index (χ0v) is 11.6. The van der Waals surface area contributed by atoms with Crippen LogP contribution in [0, 0.1) is 10.1 Å². The number of aliphatic hydroxyl groups excluding tert-OH is 1. The Kier molecular flexibility index (Phi) is 5.14. The summed E-state index contributed by atoms with van der Waals surface area (Å²) in [5.41, 5.74) is 2.12. The van der Waals surface area contributed by atoms with Gasteiger partial charge in [0.25, 0.3) is 0 Å². The van der Waals surface area contributed by atoms with Crippen LogP contribution in [-0.4, -0.2) is 25.6 Å². The predicted molar refractivity (Wildman–Crippen MR) is 77.4 cm³/mol. The lowest BCUT2D eigenvalue weighted by Gasteiger charge is -2.03. The lowest BCUT2D eigenvalue weighted by atomic mass is 10.2. The molecule has 20 heavy (non-hydrogen) atoms. The molecule has 0 radical (unpaired) electrons. The van der Waals surface area contributed by atoms with E-state index in [2.05, 4.69) is 5.10 Å². The van der Waals surface area contributed by atoms with Gasteiger partial charge in [-0.3, -0.25) is 14.8 Å². The predicted octanol–water partition coefficient (Wildman–Crippen LogP) is 2.22. The van der Waals surface area contributed by atoms with Gasteiger partial charge < -0.3 is 5.11 Å². The van der Waals surface area contributed by atoms with E-state index in [0.717, 1.165) is 17.1 Å². The fourth-order valence-corrected chi connectivity index (χ4v) is 2.55.